The Morgan fingerprint density at radius 1 is 1.64 bits per heavy atom. The lowest BCUT2D eigenvalue weighted by atomic mass is 10.6. The van der Waals surface area contributed by atoms with Gasteiger partial charge in [-0.05, 0) is 15.9 Å². The van der Waals surface area contributed by atoms with Crippen LogP contribution in [0.4, 0.5) is 5.95 Å². The zero-order valence-corrected chi connectivity index (χ0v) is 8.66. The predicted octanol–water partition coefficient (Wildman–Crippen LogP) is 1.97. The van der Waals surface area contributed by atoms with Crippen molar-refractivity contribution in [1.82, 2.24) is 9.97 Å². The zero-order chi connectivity index (χ0) is 8.43. The van der Waals surface area contributed by atoms with Crippen molar-refractivity contribution in [3.05, 3.63) is 15.3 Å². The van der Waals surface area contributed by atoms with Gasteiger partial charge in [-0.25, -0.2) is 4.98 Å². The number of rotatable bonds is 1. The molecule has 0 aliphatic heterocycles. The summed E-state index contributed by atoms with van der Waals surface area (Å²) >= 11 is 8.25. The third-order valence-electron chi connectivity index (χ3n) is 1.17. The number of hydrogen-bond acceptors (Lipinski definition) is 3. The van der Waals surface area contributed by atoms with Crippen molar-refractivity contribution in [2.45, 2.75) is 0 Å². The molecule has 0 saturated heterocycles. The Balaban J connectivity index is 3.16. The Morgan fingerprint density at radius 3 is 2.73 bits per heavy atom. The molecular weight excluding hydrogens is 226 g/mol. The third-order valence-corrected chi connectivity index (χ3v) is 2.35. The molecule has 1 aromatic rings. The van der Waals surface area contributed by atoms with Gasteiger partial charge in [-0.2, -0.15) is 0 Å². The topological polar surface area (TPSA) is 31.9 Å². The summed E-state index contributed by atoms with van der Waals surface area (Å²) in [6, 6.07) is 0. The summed E-state index contributed by atoms with van der Waals surface area (Å²) in [4.78, 5) is 8.92. The molecule has 0 unspecified atom stereocenters. The van der Waals surface area contributed by atoms with Crippen LogP contribution in [-0.2, 0) is 0 Å². The molecule has 0 aromatic carbocycles. The molecule has 0 radical (unpaired) electrons. The van der Waals surface area contributed by atoms with Gasteiger partial charge in [0.2, 0.25) is 5.95 Å². The van der Waals surface area contributed by atoms with E-state index in [1.54, 1.807) is 6.20 Å². The first-order valence-electron chi connectivity index (χ1n) is 3.03. The van der Waals surface area contributed by atoms with Gasteiger partial charge in [0.15, 0.2) is 0 Å². The van der Waals surface area contributed by atoms with Gasteiger partial charge in [0.05, 0.1) is 4.47 Å². The van der Waals surface area contributed by atoms with E-state index in [-0.39, 0.29) is 0 Å². The summed E-state index contributed by atoms with van der Waals surface area (Å²) in [6.07, 6.45) is 1.69. The first-order valence-corrected chi connectivity index (χ1v) is 4.23. The van der Waals surface area contributed by atoms with E-state index in [1.807, 2.05) is 19.0 Å². The van der Waals surface area contributed by atoms with Crippen LogP contribution in [0.2, 0.25) is 0 Å². The minimum atomic E-state index is 0.670. The molecule has 1 N–H and O–H groups in total. The summed E-state index contributed by atoms with van der Waals surface area (Å²) in [7, 11) is 3.81. The highest BCUT2D eigenvalue weighted by molar-refractivity contribution is 9.10. The van der Waals surface area contributed by atoms with Crippen molar-refractivity contribution < 1.29 is 0 Å². The Morgan fingerprint density at radius 2 is 2.27 bits per heavy atom. The van der Waals surface area contributed by atoms with Gasteiger partial charge in [0.25, 0.3) is 0 Å². The number of H-pyrrole nitrogens is 1. The largest absolute Gasteiger partial charge is 0.349 e. The first kappa shape index (κ1) is 8.67. The number of nitrogens with one attached hydrogen (secondary N) is 1. The van der Waals surface area contributed by atoms with Crippen LogP contribution in [-0.4, -0.2) is 24.1 Å². The highest BCUT2D eigenvalue weighted by Gasteiger charge is 1.97. The van der Waals surface area contributed by atoms with Crippen molar-refractivity contribution in [3.8, 4) is 0 Å². The number of nitrogens with zero attached hydrogens (tertiary/aromatic N) is 2. The van der Waals surface area contributed by atoms with Gasteiger partial charge in [-0.3, -0.25) is 0 Å². The fraction of sp³-hybridized carbons (Fsp3) is 0.333. The lowest BCUT2D eigenvalue weighted by Gasteiger charge is -2.09. The number of anilines is 1. The van der Waals surface area contributed by atoms with E-state index in [1.165, 1.54) is 0 Å². The van der Waals surface area contributed by atoms with Crippen molar-refractivity contribution in [3.63, 3.8) is 0 Å². The van der Waals surface area contributed by atoms with Crippen molar-refractivity contribution >= 4 is 34.1 Å². The van der Waals surface area contributed by atoms with Crippen LogP contribution in [0.3, 0.4) is 0 Å². The van der Waals surface area contributed by atoms with Gasteiger partial charge in [0.1, 0.15) is 4.64 Å². The monoisotopic (exact) mass is 233 g/mol. The molecule has 0 bridgehead atoms. The first-order chi connectivity index (χ1) is 5.11. The fourth-order valence-electron chi connectivity index (χ4n) is 0.597. The van der Waals surface area contributed by atoms with E-state index in [2.05, 4.69) is 25.9 Å². The minimum Gasteiger partial charge on any atom is -0.349 e. The Labute approximate surface area is 78.6 Å². The molecule has 0 fully saturated rings. The fourth-order valence-corrected chi connectivity index (χ4v) is 0.943. The van der Waals surface area contributed by atoms with Gasteiger partial charge >= 0.3 is 0 Å². The molecular formula is C6H8BrN3S. The lowest BCUT2D eigenvalue weighted by molar-refractivity contribution is 0.987. The third kappa shape index (κ3) is 2.00. The van der Waals surface area contributed by atoms with Crippen LogP contribution in [0.25, 0.3) is 0 Å². The molecule has 0 amide bonds. The van der Waals surface area contributed by atoms with Crippen molar-refractivity contribution in [2.75, 3.05) is 19.0 Å². The van der Waals surface area contributed by atoms with Crippen LogP contribution in [0.15, 0.2) is 10.7 Å². The summed E-state index contributed by atoms with van der Waals surface area (Å²) in [5.41, 5.74) is 0. The molecule has 0 aliphatic rings. The Kier molecular flexibility index (Phi) is 2.62. The zero-order valence-electron chi connectivity index (χ0n) is 6.26. The summed E-state index contributed by atoms with van der Waals surface area (Å²) in [6.45, 7) is 0. The highest BCUT2D eigenvalue weighted by atomic mass is 79.9. The molecule has 5 heteroatoms. The molecule has 1 heterocycles. The minimum absolute atomic E-state index is 0.670. The second kappa shape index (κ2) is 3.32. The molecule has 11 heavy (non-hydrogen) atoms. The van der Waals surface area contributed by atoms with Crippen molar-refractivity contribution in [1.29, 1.82) is 0 Å². The maximum Gasteiger partial charge on any atom is 0.203 e. The van der Waals surface area contributed by atoms with E-state index < -0.39 is 0 Å². The lowest BCUT2D eigenvalue weighted by Crippen LogP contribution is -2.12. The van der Waals surface area contributed by atoms with Crippen LogP contribution in [0.5, 0.6) is 0 Å². The summed E-state index contributed by atoms with van der Waals surface area (Å²) < 4.78 is 1.49. The molecule has 1 rings (SSSR count). The van der Waals surface area contributed by atoms with Gasteiger partial charge in [0, 0.05) is 20.3 Å². The molecule has 1 aromatic heterocycles. The summed E-state index contributed by atoms with van der Waals surface area (Å²) in [5, 5.41) is 0. The smallest absolute Gasteiger partial charge is 0.203 e. The number of halogens is 1. The van der Waals surface area contributed by atoms with E-state index in [0.717, 1.165) is 10.4 Å². The predicted molar refractivity (Wildman–Crippen MR) is 51.4 cm³/mol. The van der Waals surface area contributed by atoms with Crippen LogP contribution < -0.4 is 4.90 Å². The molecule has 0 atom stereocenters. The molecule has 0 spiro atoms. The van der Waals surface area contributed by atoms with E-state index in [0.29, 0.717) is 4.64 Å². The van der Waals surface area contributed by atoms with Gasteiger partial charge in [-0.1, -0.05) is 12.2 Å². The second-order valence-corrected chi connectivity index (χ2v) is 3.54. The van der Waals surface area contributed by atoms with E-state index in [9.17, 15) is 0 Å². The normalized spacial score (nSPS) is 9.73. The van der Waals surface area contributed by atoms with Crippen molar-refractivity contribution in [2.24, 2.45) is 0 Å². The maximum atomic E-state index is 4.99. The number of hydrogen-bond donors (Lipinski definition) is 1. The average Bonchev–Trinajstić information content (AvgIpc) is 1.94. The number of aromatic nitrogens is 2. The molecule has 0 saturated carbocycles. The van der Waals surface area contributed by atoms with Crippen LogP contribution in [0, 0.1) is 4.64 Å². The second-order valence-electron chi connectivity index (χ2n) is 2.28. The highest BCUT2D eigenvalue weighted by Crippen LogP contribution is 2.10. The van der Waals surface area contributed by atoms with Gasteiger partial charge < -0.3 is 9.88 Å². The molecule has 60 valence electrons. The average molecular weight is 234 g/mol. The summed E-state index contributed by atoms with van der Waals surface area (Å²) in [5.74, 6) is 0.762. The standard InChI is InChI=1S/C6H8BrN3S/c1-10(2)6-8-3-4(7)5(11)9-6/h3H,1-2H3,(H,8,9,11). The molecule has 0 aliphatic carbocycles. The SMILES string of the molecule is CN(C)c1ncc(Br)c(=S)[nH]1. The maximum absolute atomic E-state index is 4.99. The number of aromatic amines is 1. The van der Waals surface area contributed by atoms with E-state index >= 15 is 0 Å². The van der Waals surface area contributed by atoms with Crippen LogP contribution in [0.1, 0.15) is 0 Å². The molecule has 3 nitrogen and oxygen atoms in total. The van der Waals surface area contributed by atoms with Crippen LogP contribution >= 0.6 is 28.1 Å². The Hall–Kier alpha value is -0.420. The van der Waals surface area contributed by atoms with Gasteiger partial charge in [-0.15, -0.1) is 0 Å². The Bertz CT molecular complexity index is 307. The van der Waals surface area contributed by atoms with E-state index in [4.69, 9.17) is 12.2 Å². The quantitative estimate of drug-likeness (QED) is 0.754.